The SMILES string of the molecule is Cc1ncc(Cc2ccc(F)c(F)c2)s1.O. The Bertz CT molecular complexity index is 485. The Kier molecular flexibility index (Phi) is 4.09. The molecule has 1 aromatic heterocycles. The molecule has 0 radical (unpaired) electrons. The smallest absolute Gasteiger partial charge is 0.159 e. The summed E-state index contributed by atoms with van der Waals surface area (Å²) in [6, 6.07) is 3.97. The second kappa shape index (κ2) is 5.14. The highest BCUT2D eigenvalue weighted by molar-refractivity contribution is 7.11. The lowest BCUT2D eigenvalue weighted by Gasteiger charge is -1.99. The topological polar surface area (TPSA) is 44.4 Å². The number of aryl methyl sites for hydroxylation is 1. The minimum Gasteiger partial charge on any atom is -0.412 e. The molecule has 0 aliphatic heterocycles. The van der Waals surface area contributed by atoms with Gasteiger partial charge in [-0.2, -0.15) is 0 Å². The molecule has 2 rings (SSSR count). The molecule has 0 fully saturated rings. The van der Waals surface area contributed by atoms with E-state index in [1.807, 2.05) is 6.92 Å². The summed E-state index contributed by atoms with van der Waals surface area (Å²) in [4.78, 5) is 5.16. The molecular weight excluding hydrogens is 232 g/mol. The zero-order valence-corrected chi connectivity index (χ0v) is 9.44. The summed E-state index contributed by atoms with van der Waals surface area (Å²) in [5.74, 6) is -1.60. The van der Waals surface area contributed by atoms with Crippen molar-refractivity contribution in [2.45, 2.75) is 13.3 Å². The standard InChI is InChI=1S/C11H9F2NS.H2O/c1-7-14-6-9(15-7)4-8-2-3-10(12)11(13)5-8;/h2-3,5-6H,4H2,1H3;1H2. The average Bonchev–Trinajstić information content (AvgIpc) is 2.58. The molecule has 2 aromatic rings. The summed E-state index contributed by atoms with van der Waals surface area (Å²) in [6.45, 7) is 1.92. The van der Waals surface area contributed by atoms with Crippen LogP contribution in [0.25, 0.3) is 0 Å². The van der Waals surface area contributed by atoms with E-state index in [0.717, 1.165) is 21.5 Å². The van der Waals surface area contributed by atoms with E-state index < -0.39 is 11.6 Å². The summed E-state index contributed by atoms with van der Waals surface area (Å²) in [5, 5.41) is 0.979. The molecular formula is C11H11F2NOS. The van der Waals surface area contributed by atoms with Gasteiger partial charge < -0.3 is 5.48 Å². The Morgan fingerprint density at radius 1 is 1.25 bits per heavy atom. The minimum atomic E-state index is -0.806. The third-order valence-corrected chi connectivity index (χ3v) is 2.94. The van der Waals surface area contributed by atoms with Crippen molar-refractivity contribution in [1.82, 2.24) is 4.98 Å². The quantitative estimate of drug-likeness (QED) is 0.799. The lowest BCUT2D eigenvalue weighted by molar-refractivity contribution is 0.507. The van der Waals surface area contributed by atoms with Crippen molar-refractivity contribution in [3.63, 3.8) is 0 Å². The zero-order chi connectivity index (χ0) is 10.8. The van der Waals surface area contributed by atoms with Gasteiger partial charge in [0.25, 0.3) is 0 Å². The molecule has 0 aliphatic rings. The van der Waals surface area contributed by atoms with Crippen LogP contribution in [0, 0.1) is 18.6 Å². The van der Waals surface area contributed by atoms with E-state index in [1.165, 1.54) is 6.07 Å². The Morgan fingerprint density at radius 3 is 2.56 bits per heavy atom. The van der Waals surface area contributed by atoms with Crippen molar-refractivity contribution < 1.29 is 14.3 Å². The minimum absolute atomic E-state index is 0. The highest BCUT2D eigenvalue weighted by Crippen LogP contribution is 2.17. The molecule has 16 heavy (non-hydrogen) atoms. The number of hydrogen-bond acceptors (Lipinski definition) is 2. The highest BCUT2D eigenvalue weighted by Gasteiger charge is 2.04. The van der Waals surface area contributed by atoms with Crippen molar-refractivity contribution in [2.24, 2.45) is 0 Å². The van der Waals surface area contributed by atoms with Crippen LogP contribution in [0.1, 0.15) is 15.4 Å². The van der Waals surface area contributed by atoms with Gasteiger partial charge in [-0.3, -0.25) is 0 Å². The third-order valence-electron chi connectivity index (χ3n) is 2.03. The highest BCUT2D eigenvalue weighted by atomic mass is 32.1. The summed E-state index contributed by atoms with van der Waals surface area (Å²) >= 11 is 1.57. The van der Waals surface area contributed by atoms with E-state index in [9.17, 15) is 8.78 Å². The van der Waals surface area contributed by atoms with Gasteiger partial charge in [0.2, 0.25) is 0 Å². The van der Waals surface area contributed by atoms with Crippen LogP contribution in [0.4, 0.5) is 8.78 Å². The largest absolute Gasteiger partial charge is 0.412 e. The normalized spacial score (nSPS) is 9.94. The Labute approximate surface area is 95.9 Å². The molecule has 0 saturated heterocycles. The maximum atomic E-state index is 12.9. The van der Waals surface area contributed by atoms with Gasteiger partial charge in [-0.05, 0) is 24.6 Å². The number of rotatable bonds is 2. The zero-order valence-electron chi connectivity index (χ0n) is 8.63. The third kappa shape index (κ3) is 2.84. The van der Waals surface area contributed by atoms with Crippen molar-refractivity contribution in [3.05, 3.63) is 51.5 Å². The summed E-state index contributed by atoms with van der Waals surface area (Å²) < 4.78 is 25.6. The van der Waals surface area contributed by atoms with E-state index in [0.29, 0.717) is 6.42 Å². The molecule has 0 atom stereocenters. The summed E-state index contributed by atoms with van der Waals surface area (Å²) in [6.07, 6.45) is 2.37. The van der Waals surface area contributed by atoms with E-state index in [2.05, 4.69) is 4.98 Å². The number of nitrogens with zero attached hydrogens (tertiary/aromatic N) is 1. The summed E-state index contributed by atoms with van der Waals surface area (Å²) in [5.41, 5.74) is 0.762. The molecule has 1 heterocycles. The first-order chi connectivity index (χ1) is 7.15. The molecule has 0 spiro atoms. The van der Waals surface area contributed by atoms with Crippen LogP contribution in [0.5, 0.6) is 0 Å². The van der Waals surface area contributed by atoms with Crippen molar-refractivity contribution in [2.75, 3.05) is 0 Å². The average molecular weight is 243 g/mol. The van der Waals surface area contributed by atoms with E-state index in [4.69, 9.17) is 0 Å². The summed E-state index contributed by atoms with van der Waals surface area (Å²) in [7, 11) is 0. The van der Waals surface area contributed by atoms with Crippen LogP contribution in [-0.2, 0) is 6.42 Å². The fourth-order valence-electron chi connectivity index (χ4n) is 1.34. The fraction of sp³-hybridized carbons (Fsp3) is 0.182. The van der Waals surface area contributed by atoms with Crippen molar-refractivity contribution in [3.8, 4) is 0 Å². The second-order valence-electron chi connectivity index (χ2n) is 3.27. The van der Waals surface area contributed by atoms with Crippen molar-refractivity contribution in [1.29, 1.82) is 0 Å². The van der Waals surface area contributed by atoms with Crippen LogP contribution in [0.3, 0.4) is 0 Å². The molecule has 2 N–H and O–H groups in total. The first-order valence-electron chi connectivity index (χ1n) is 4.50. The number of halogens is 2. The van der Waals surface area contributed by atoms with Crippen LogP contribution in [-0.4, -0.2) is 10.5 Å². The van der Waals surface area contributed by atoms with Gasteiger partial charge in [0.05, 0.1) is 5.01 Å². The molecule has 0 unspecified atom stereocenters. The van der Waals surface area contributed by atoms with E-state index in [-0.39, 0.29) is 5.48 Å². The molecule has 5 heteroatoms. The Balaban J connectivity index is 0.00000128. The molecule has 0 bridgehead atoms. The van der Waals surface area contributed by atoms with Crippen molar-refractivity contribution >= 4 is 11.3 Å². The number of thiazole rings is 1. The van der Waals surface area contributed by atoms with Gasteiger partial charge >= 0.3 is 0 Å². The predicted octanol–water partition coefficient (Wildman–Crippen LogP) is 2.50. The maximum absolute atomic E-state index is 12.9. The molecule has 0 saturated carbocycles. The molecule has 2 nitrogen and oxygen atoms in total. The van der Waals surface area contributed by atoms with Crippen LogP contribution in [0.2, 0.25) is 0 Å². The first kappa shape index (κ1) is 12.7. The van der Waals surface area contributed by atoms with Crippen LogP contribution < -0.4 is 0 Å². The number of hydrogen-bond donors (Lipinski definition) is 0. The Morgan fingerprint density at radius 2 is 2.00 bits per heavy atom. The van der Waals surface area contributed by atoms with E-state index in [1.54, 1.807) is 23.6 Å². The lowest BCUT2D eigenvalue weighted by Crippen LogP contribution is -1.89. The second-order valence-corrected chi connectivity index (χ2v) is 4.59. The van der Waals surface area contributed by atoms with Gasteiger partial charge in [0, 0.05) is 17.5 Å². The molecule has 0 amide bonds. The predicted molar refractivity (Wildman–Crippen MR) is 59.6 cm³/mol. The van der Waals surface area contributed by atoms with Gasteiger partial charge in [-0.1, -0.05) is 6.07 Å². The maximum Gasteiger partial charge on any atom is 0.159 e. The lowest BCUT2D eigenvalue weighted by atomic mass is 10.1. The van der Waals surface area contributed by atoms with Gasteiger partial charge in [0.1, 0.15) is 0 Å². The fourth-order valence-corrected chi connectivity index (χ4v) is 2.17. The van der Waals surface area contributed by atoms with Gasteiger partial charge in [-0.15, -0.1) is 11.3 Å². The van der Waals surface area contributed by atoms with Crippen LogP contribution in [0.15, 0.2) is 24.4 Å². The monoisotopic (exact) mass is 243 g/mol. The number of aromatic nitrogens is 1. The van der Waals surface area contributed by atoms with E-state index >= 15 is 0 Å². The van der Waals surface area contributed by atoms with Crippen LogP contribution >= 0.6 is 11.3 Å². The molecule has 1 aromatic carbocycles. The first-order valence-corrected chi connectivity index (χ1v) is 5.32. The van der Waals surface area contributed by atoms with Gasteiger partial charge in [0.15, 0.2) is 11.6 Å². The Hall–Kier alpha value is -1.33. The number of benzene rings is 1. The molecule has 86 valence electrons. The molecule has 0 aliphatic carbocycles. The van der Waals surface area contributed by atoms with Gasteiger partial charge in [-0.25, -0.2) is 13.8 Å².